The number of hydrogen-bond acceptors (Lipinski definition) is 6. The van der Waals surface area contributed by atoms with Crippen molar-refractivity contribution in [2.24, 2.45) is 0 Å². The van der Waals surface area contributed by atoms with Crippen LogP contribution in [0.1, 0.15) is 26.5 Å². The molecule has 0 radical (unpaired) electrons. The van der Waals surface area contributed by atoms with Crippen LogP contribution >= 0.6 is 0 Å². The van der Waals surface area contributed by atoms with Crippen LogP contribution in [0.25, 0.3) is 0 Å². The monoisotopic (exact) mass is 269 g/mol. The fraction of sp³-hybridized carbons (Fsp3) is 0.538. The van der Waals surface area contributed by atoms with E-state index in [9.17, 15) is 9.59 Å². The van der Waals surface area contributed by atoms with Crippen molar-refractivity contribution >= 4 is 5.97 Å². The third kappa shape index (κ3) is 4.75. The first-order valence-electron chi connectivity index (χ1n) is 6.14. The van der Waals surface area contributed by atoms with E-state index in [4.69, 9.17) is 14.3 Å². The Kier molecular flexibility index (Phi) is 5.57. The van der Waals surface area contributed by atoms with E-state index < -0.39 is 11.2 Å². The predicted octanol–water partition coefficient (Wildman–Crippen LogP) is 1.12. The van der Waals surface area contributed by atoms with E-state index in [1.54, 1.807) is 6.92 Å². The first-order chi connectivity index (χ1) is 8.93. The highest BCUT2D eigenvalue weighted by atomic mass is 16.5. The molecule has 6 heteroatoms. The molecule has 0 amide bonds. The van der Waals surface area contributed by atoms with Gasteiger partial charge in [-0.3, -0.25) is 14.5 Å². The van der Waals surface area contributed by atoms with Gasteiger partial charge in [0.1, 0.15) is 12.0 Å². The number of carbonyl (C=O) groups is 1. The SMILES string of the molecule is CCOC(=O)CN(Cc1cc(=O)c(O)co1)C(C)C. The molecule has 0 aliphatic heterocycles. The molecular weight excluding hydrogens is 250 g/mol. The Morgan fingerprint density at radius 2 is 2.21 bits per heavy atom. The average molecular weight is 269 g/mol. The van der Waals surface area contributed by atoms with E-state index in [0.717, 1.165) is 6.26 Å². The van der Waals surface area contributed by atoms with E-state index >= 15 is 0 Å². The molecule has 0 aliphatic rings. The maximum Gasteiger partial charge on any atom is 0.320 e. The predicted molar refractivity (Wildman–Crippen MR) is 68.8 cm³/mol. The second-order valence-electron chi connectivity index (χ2n) is 4.40. The standard InChI is InChI=1S/C13H19NO5/c1-4-18-13(17)7-14(9(2)3)6-10-5-11(15)12(16)8-19-10/h5,8-9,16H,4,6-7H2,1-3H3. The second kappa shape index (κ2) is 6.94. The molecule has 0 saturated carbocycles. The molecule has 19 heavy (non-hydrogen) atoms. The number of hydrogen-bond donors (Lipinski definition) is 1. The van der Waals surface area contributed by atoms with Gasteiger partial charge in [0.25, 0.3) is 0 Å². The maximum absolute atomic E-state index is 11.5. The van der Waals surface area contributed by atoms with Crippen molar-refractivity contribution in [2.75, 3.05) is 13.2 Å². The molecule has 0 bridgehead atoms. The third-order valence-electron chi connectivity index (χ3n) is 2.59. The minimum atomic E-state index is -0.499. The van der Waals surface area contributed by atoms with Crippen LogP contribution in [0.15, 0.2) is 21.5 Å². The molecule has 1 aromatic rings. The quantitative estimate of drug-likeness (QED) is 0.779. The molecule has 1 heterocycles. The van der Waals surface area contributed by atoms with Crippen LogP contribution in [0.2, 0.25) is 0 Å². The molecule has 0 spiro atoms. The van der Waals surface area contributed by atoms with Crippen molar-refractivity contribution in [3.8, 4) is 5.75 Å². The Hall–Kier alpha value is -1.82. The summed E-state index contributed by atoms with van der Waals surface area (Å²) in [5.41, 5.74) is -0.499. The van der Waals surface area contributed by atoms with Gasteiger partial charge in [-0.05, 0) is 20.8 Å². The van der Waals surface area contributed by atoms with Crippen molar-refractivity contribution in [3.63, 3.8) is 0 Å². The van der Waals surface area contributed by atoms with Crippen LogP contribution in [0.4, 0.5) is 0 Å². The number of carbonyl (C=O) groups excluding carboxylic acids is 1. The highest BCUT2D eigenvalue weighted by Gasteiger charge is 2.16. The first kappa shape index (κ1) is 15.2. The number of nitrogens with zero attached hydrogens (tertiary/aromatic N) is 1. The summed E-state index contributed by atoms with van der Waals surface area (Å²) < 4.78 is 10.0. The van der Waals surface area contributed by atoms with Gasteiger partial charge in [0.2, 0.25) is 5.43 Å². The Balaban J connectivity index is 2.75. The van der Waals surface area contributed by atoms with Crippen molar-refractivity contribution in [1.82, 2.24) is 4.90 Å². The number of ether oxygens (including phenoxy) is 1. The highest BCUT2D eigenvalue weighted by molar-refractivity contribution is 5.71. The normalized spacial score (nSPS) is 11.0. The van der Waals surface area contributed by atoms with Crippen molar-refractivity contribution < 1.29 is 19.1 Å². The van der Waals surface area contributed by atoms with Gasteiger partial charge in [0.15, 0.2) is 5.75 Å². The second-order valence-corrected chi connectivity index (χ2v) is 4.40. The minimum Gasteiger partial charge on any atom is -0.502 e. The number of esters is 1. The van der Waals surface area contributed by atoms with Gasteiger partial charge < -0.3 is 14.3 Å². The lowest BCUT2D eigenvalue weighted by atomic mass is 10.2. The Labute approximate surface area is 111 Å². The van der Waals surface area contributed by atoms with Crippen LogP contribution in [-0.4, -0.2) is 35.2 Å². The summed E-state index contributed by atoms with van der Waals surface area (Å²) >= 11 is 0. The fourth-order valence-corrected chi connectivity index (χ4v) is 1.52. The molecule has 1 aromatic heterocycles. The van der Waals surface area contributed by atoms with Gasteiger partial charge in [-0.25, -0.2) is 0 Å². The zero-order valence-electron chi connectivity index (χ0n) is 11.4. The van der Waals surface area contributed by atoms with Crippen LogP contribution in [0, 0.1) is 0 Å². The Bertz CT molecular complexity index is 480. The van der Waals surface area contributed by atoms with E-state index in [0.29, 0.717) is 18.9 Å². The zero-order valence-corrected chi connectivity index (χ0v) is 11.4. The van der Waals surface area contributed by atoms with Crippen molar-refractivity contribution in [1.29, 1.82) is 0 Å². The lowest BCUT2D eigenvalue weighted by molar-refractivity contribution is -0.145. The van der Waals surface area contributed by atoms with Gasteiger partial charge in [-0.2, -0.15) is 0 Å². The van der Waals surface area contributed by atoms with Crippen LogP contribution in [0.5, 0.6) is 5.75 Å². The van der Waals surface area contributed by atoms with Crippen LogP contribution < -0.4 is 5.43 Å². The summed E-state index contributed by atoms with van der Waals surface area (Å²) in [6, 6.07) is 1.30. The topological polar surface area (TPSA) is 80.0 Å². The zero-order chi connectivity index (χ0) is 14.4. The molecular formula is C13H19NO5. The van der Waals surface area contributed by atoms with Gasteiger partial charge in [-0.15, -0.1) is 0 Å². The van der Waals surface area contributed by atoms with Gasteiger partial charge in [-0.1, -0.05) is 0 Å². The first-order valence-corrected chi connectivity index (χ1v) is 6.14. The molecule has 0 saturated heterocycles. The molecule has 0 atom stereocenters. The van der Waals surface area contributed by atoms with Gasteiger partial charge in [0.05, 0.1) is 19.7 Å². The third-order valence-corrected chi connectivity index (χ3v) is 2.59. The highest BCUT2D eigenvalue weighted by Crippen LogP contribution is 2.09. The average Bonchev–Trinajstić information content (AvgIpc) is 2.33. The smallest absolute Gasteiger partial charge is 0.320 e. The van der Waals surface area contributed by atoms with E-state index in [1.165, 1.54) is 6.07 Å². The number of rotatable bonds is 6. The largest absolute Gasteiger partial charge is 0.502 e. The fourth-order valence-electron chi connectivity index (χ4n) is 1.52. The van der Waals surface area contributed by atoms with Crippen molar-refractivity contribution in [3.05, 3.63) is 28.3 Å². The van der Waals surface area contributed by atoms with Gasteiger partial charge in [0, 0.05) is 12.1 Å². The summed E-state index contributed by atoms with van der Waals surface area (Å²) in [4.78, 5) is 24.6. The Morgan fingerprint density at radius 3 is 2.74 bits per heavy atom. The van der Waals surface area contributed by atoms with E-state index in [1.807, 2.05) is 18.7 Å². The molecule has 0 aliphatic carbocycles. The lowest BCUT2D eigenvalue weighted by Gasteiger charge is -2.24. The maximum atomic E-state index is 11.5. The summed E-state index contributed by atoms with van der Waals surface area (Å²) in [6.45, 7) is 6.35. The molecule has 1 N–H and O–H groups in total. The lowest BCUT2D eigenvalue weighted by Crippen LogP contribution is -2.36. The molecule has 0 aromatic carbocycles. The molecule has 0 unspecified atom stereocenters. The van der Waals surface area contributed by atoms with E-state index in [-0.39, 0.29) is 18.6 Å². The molecule has 0 fully saturated rings. The number of aromatic hydroxyl groups is 1. The van der Waals surface area contributed by atoms with Gasteiger partial charge >= 0.3 is 5.97 Å². The minimum absolute atomic E-state index is 0.0866. The summed E-state index contributed by atoms with van der Waals surface area (Å²) in [5.74, 6) is -0.358. The van der Waals surface area contributed by atoms with E-state index in [2.05, 4.69) is 0 Å². The Morgan fingerprint density at radius 1 is 1.53 bits per heavy atom. The van der Waals surface area contributed by atoms with Crippen LogP contribution in [-0.2, 0) is 16.1 Å². The summed E-state index contributed by atoms with van der Waals surface area (Å²) in [7, 11) is 0. The molecule has 6 nitrogen and oxygen atoms in total. The summed E-state index contributed by atoms with van der Waals surface area (Å²) in [5, 5.41) is 9.11. The molecule has 1 rings (SSSR count). The van der Waals surface area contributed by atoms with Crippen molar-refractivity contribution in [2.45, 2.75) is 33.4 Å². The molecule has 106 valence electrons. The van der Waals surface area contributed by atoms with Crippen LogP contribution in [0.3, 0.4) is 0 Å². The summed E-state index contributed by atoms with van der Waals surface area (Å²) in [6.07, 6.45) is 1.00.